The van der Waals surface area contributed by atoms with Crippen molar-refractivity contribution in [2.45, 2.75) is 32.1 Å². The van der Waals surface area contributed by atoms with E-state index >= 15 is 0 Å². The van der Waals surface area contributed by atoms with Crippen molar-refractivity contribution >= 4 is 11.7 Å². The number of benzene rings is 2. The maximum Gasteiger partial charge on any atom is 0.338 e. The predicted octanol–water partition coefficient (Wildman–Crippen LogP) is 5.44. The molecule has 0 amide bonds. The van der Waals surface area contributed by atoms with Crippen LogP contribution in [0.1, 0.15) is 42.5 Å². The fourth-order valence-electron chi connectivity index (χ4n) is 2.59. The second-order valence-corrected chi connectivity index (χ2v) is 6.34. The number of hydrogen-bond acceptors (Lipinski definition) is 5. The van der Waals surface area contributed by atoms with Gasteiger partial charge in [0, 0.05) is 12.7 Å². The van der Waals surface area contributed by atoms with Gasteiger partial charge >= 0.3 is 5.97 Å². The van der Waals surface area contributed by atoms with E-state index in [4.69, 9.17) is 14.2 Å². The van der Waals surface area contributed by atoms with E-state index in [2.05, 4.69) is 11.9 Å². The van der Waals surface area contributed by atoms with Gasteiger partial charge < -0.3 is 19.5 Å². The third-order valence-electron chi connectivity index (χ3n) is 4.20. The van der Waals surface area contributed by atoms with Crippen molar-refractivity contribution in [2.24, 2.45) is 0 Å². The highest BCUT2D eigenvalue weighted by Crippen LogP contribution is 2.17. The van der Waals surface area contributed by atoms with Crippen molar-refractivity contribution in [3.8, 4) is 11.5 Å². The average molecular weight is 383 g/mol. The number of ether oxygens (including phenoxy) is 3. The van der Waals surface area contributed by atoms with Crippen molar-refractivity contribution in [1.29, 1.82) is 0 Å². The normalized spacial score (nSPS) is 10.2. The lowest BCUT2D eigenvalue weighted by Gasteiger charge is -2.10. The van der Waals surface area contributed by atoms with Crippen molar-refractivity contribution in [3.63, 3.8) is 0 Å². The summed E-state index contributed by atoms with van der Waals surface area (Å²) in [4.78, 5) is 12.2. The van der Waals surface area contributed by atoms with Crippen LogP contribution in [-0.2, 0) is 4.74 Å². The molecular formula is C23H29NO4. The van der Waals surface area contributed by atoms with Crippen LogP contribution >= 0.6 is 0 Å². The number of unbranched alkanes of at least 4 members (excludes halogenated alkanes) is 4. The fourth-order valence-corrected chi connectivity index (χ4v) is 2.59. The minimum atomic E-state index is -0.333. The Bertz CT molecular complexity index is 728. The molecule has 0 aromatic heterocycles. The molecule has 0 heterocycles. The Labute approximate surface area is 167 Å². The summed E-state index contributed by atoms with van der Waals surface area (Å²) in [6.45, 7) is 4.20. The largest absolute Gasteiger partial charge is 0.462 e. The molecular weight excluding hydrogens is 354 g/mol. The van der Waals surface area contributed by atoms with Gasteiger partial charge in [-0.15, -0.1) is 6.58 Å². The molecule has 0 fully saturated rings. The van der Waals surface area contributed by atoms with Gasteiger partial charge in [0.2, 0.25) is 6.79 Å². The lowest BCUT2D eigenvalue weighted by atomic mass is 10.1. The van der Waals surface area contributed by atoms with Crippen LogP contribution in [0.15, 0.2) is 61.2 Å². The van der Waals surface area contributed by atoms with Gasteiger partial charge in [-0.05, 0) is 61.7 Å². The molecule has 0 atom stereocenters. The first-order chi connectivity index (χ1) is 13.7. The average Bonchev–Trinajstić information content (AvgIpc) is 2.73. The molecule has 0 saturated heterocycles. The molecule has 2 rings (SSSR count). The van der Waals surface area contributed by atoms with Crippen LogP contribution in [0.3, 0.4) is 0 Å². The summed E-state index contributed by atoms with van der Waals surface area (Å²) in [6, 6.07) is 14.5. The van der Waals surface area contributed by atoms with Crippen LogP contribution in [0.25, 0.3) is 0 Å². The maximum absolute atomic E-state index is 12.2. The zero-order valence-corrected chi connectivity index (χ0v) is 16.5. The first-order valence-corrected chi connectivity index (χ1v) is 9.64. The van der Waals surface area contributed by atoms with Crippen molar-refractivity contribution in [2.75, 3.05) is 25.8 Å². The van der Waals surface area contributed by atoms with Crippen LogP contribution in [0, 0.1) is 0 Å². The fraction of sp³-hybridized carbons (Fsp3) is 0.348. The van der Waals surface area contributed by atoms with Crippen molar-refractivity contribution < 1.29 is 19.0 Å². The third kappa shape index (κ3) is 7.74. The van der Waals surface area contributed by atoms with Gasteiger partial charge in [0.05, 0.1) is 12.2 Å². The first-order valence-electron chi connectivity index (χ1n) is 9.64. The van der Waals surface area contributed by atoms with Gasteiger partial charge in [-0.1, -0.05) is 25.0 Å². The van der Waals surface area contributed by atoms with E-state index in [9.17, 15) is 4.79 Å². The molecule has 2 aromatic carbocycles. The van der Waals surface area contributed by atoms with E-state index in [0.29, 0.717) is 23.7 Å². The lowest BCUT2D eigenvalue weighted by molar-refractivity contribution is 0.0496. The Morgan fingerprint density at radius 1 is 1.00 bits per heavy atom. The molecule has 0 unspecified atom stereocenters. The SMILES string of the molecule is C=CCCCCCCOC(=O)c1cccc(OCOc2ccc(NC)cc2)c1. The highest BCUT2D eigenvalue weighted by atomic mass is 16.7. The number of hydrogen-bond donors (Lipinski definition) is 1. The molecule has 0 aliphatic heterocycles. The van der Waals surface area contributed by atoms with Crippen LogP contribution in [0.5, 0.6) is 11.5 Å². The molecule has 0 spiro atoms. The summed E-state index contributed by atoms with van der Waals surface area (Å²) in [5.41, 5.74) is 1.48. The molecule has 0 aliphatic rings. The summed E-state index contributed by atoms with van der Waals surface area (Å²) < 4.78 is 16.5. The van der Waals surface area contributed by atoms with Gasteiger partial charge in [0.15, 0.2) is 0 Å². The zero-order chi connectivity index (χ0) is 20.0. The third-order valence-corrected chi connectivity index (χ3v) is 4.20. The van der Waals surface area contributed by atoms with Crippen LogP contribution in [0.4, 0.5) is 5.69 Å². The lowest BCUT2D eigenvalue weighted by Crippen LogP contribution is -2.08. The van der Waals surface area contributed by atoms with Crippen molar-refractivity contribution in [3.05, 3.63) is 66.7 Å². The number of nitrogens with one attached hydrogen (secondary N) is 1. The number of rotatable bonds is 13. The minimum Gasteiger partial charge on any atom is -0.462 e. The second-order valence-electron chi connectivity index (χ2n) is 6.34. The van der Waals surface area contributed by atoms with E-state index in [1.807, 2.05) is 37.4 Å². The molecule has 2 aromatic rings. The topological polar surface area (TPSA) is 56.8 Å². The van der Waals surface area contributed by atoms with Gasteiger partial charge in [0.1, 0.15) is 11.5 Å². The molecule has 0 saturated carbocycles. The number of anilines is 1. The molecule has 150 valence electrons. The van der Waals surface area contributed by atoms with Gasteiger partial charge in [0.25, 0.3) is 0 Å². The van der Waals surface area contributed by atoms with Crippen LogP contribution in [0.2, 0.25) is 0 Å². The monoisotopic (exact) mass is 383 g/mol. The van der Waals surface area contributed by atoms with E-state index in [1.54, 1.807) is 24.3 Å². The first kappa shape index (κ1) is 21.4. The molecule has 0 aliphatic carbocycles. The summed E-state index contributed by atoms with van der Waals surface area (Å²) >= 11 is 0. The highest BCUT2D eigenvalue weighted by Gasteiger charge is 2.08. The number of allylic oxidation sites excluding steroid dienone is 1. The Morgan fingerprint density at radius 3 is 2.50 bits per heavy atom. The number of carbonyl (C=O) groups excluding carboxylic acids is 1. The number of esters is 1. The van der Waals surface area contributed by atoms with Crippen LogP contribution < -0.4 is 14.8 Å². The minimum absolute atomic E-state index is 0.0576. The Balaban J connectivity index is 1.71. The Morgan fingerprint density at radius 2 is 1.75 bits per heavy atom. The molecule has 5 nitrogen and oxygen atoms in total. The summed E-state index contributed by atoms with van der Waals surface area (Å²) in [6.07, 6.45) is 7.16. The molecule has 28 heavy (non-hydrogen) atoms. The molecule has 0 radical (unpaired) electrons. The van der Waals surface area contributed by atoms with Crippen molar-refractivity contribution in [1.82, 2.24) is 0 Å². The van der Waals surface area contributed by atoms with E-state index in [0.717, 1.165) is 37.8 Å². The summed E-state index contributed by atoms with van der Waals surface area (Å²) in [5.74, 6) is 0.938. The summed E-state index contributed by atoms with van der Waals surface area (Å²) in [5, 5.41) is 3.05. The Hall–Kier alpha value is -2.95. The standard InChI is InChI=1S/C23H29NO4/c1-3-4-5-6-7-8-16-26-23(25)19-10-9-11-22(17-19)28-18-27-21-14-12-20(24-2)13-15-21/h3,9-15,17,24H,1,4-8,16,18H2,2H3. The van der Waals surface area contributed by atoms with Gasteiger partial charge in [-0.2, -0.15) is 0 Å². The quantitative estimate of drug-likeness (QED) is 0.216. The smallest absolute Gasteiger partial charge is 0.338 e. The van der Waals surface area contributed by atoms with Gasteiger partial charge in [-0.25, -0.2) is 4.79 Å². The second kappa shape index (κ2) is 12.4. The molecule has 0 bridgehead atoms. The van der Waals surface area contributed by atoms with E-state index in [-0.39, 0.29) is 12.8 Å². The van der Waals surface area contributed by atoms with Crippen LogP contribution in [-0.4, -0.2) is 26.4 Å². The molecule has 1 N–H and O–H groups in total. The predicted molar refractivity (Wildman–Crippen MR) is 112 cm³/mol. The summed E-state index contributed by atoms with van der Waals surface area (Å²) in [7, 11) is 1.86. The van der Waals surface area contributed by atoms with E-state index < -0.39 is 0 Å². The maximum atomic E-state index is 12.2. The zero-order valence-electron chi connectivity index (χ0n) is 16.5. The Kier molecular flexibility index (Phi) is 9.49. The highest BCUT2D eigenvalue weighted by molar-refractivity contribution is 5.89. The molecule has 5 heteroatoms. The van der Waals surface area contributed by atoms with Gasteiger partial charge in [-0.3, -0.25) is 0 Å². The number of carbonyl (C=O) groups is 1. The van der Waals surface area contributed by atoms with E-state index in [1.165, 1.54) is 0 Å².